The third-order valence-electron chi connectivity index (χ3n) is 3.62. The molecule has 0 N–H and O–H groups in total. The topological polar surface area (TPSA) is 17.1 Å². The van der Waals surface area contributed by atoms with Crippen LogP contribution in [0.5, 0.6) is 0 Å². The van der Waals surface area contributed by atoms with Gasteiger partial charge in [-0.15, -0.1) is 23.5 Å². The number of carbonyl (C=O) groups is 1. The van der Waals surface area contributed by atoms with Crippen LogP contribution >= 0.6 is 23.5 Å². The predicted molar refractivity (Wildman–Crippen MR) is 98.2 cm³/mol. The second kappa shape index (κ2) is 7.99. The molecule has 0 saturated carbocycles. The van der Waals surface area contributed by atoms with Crippen molar-refractivity contribution in [1.29, 1.82) is 0 Å². The zero-order valence-corrected chi connectivity index (χ0v) is 14.5. The summed E-state index contributed by atoms with van der Waals surface area (Å²) in [5.74, 6) is 1.14. The van der Waals surface area contributed by atoms with Gasteiger partial charge in [0.15, 0.2) is 5.78 Å². The van der Waals surface area contributed by atoms with Crippen molar-refractivity contribution in [3.63, 3.8) is 0 Å². The summed E-state index contributed by atoms with van der Waals surface area (Å²) < 4.78 is 27.1. The number of carbonyl (C=O) groups excluding carboxylic acids is 1. The molecule has 0 aromatic heterocycles. The van der Waals surface area contributed by atoms with Gasteiger partial charge in [0.25, 0.3) is 0 Å². The summed E-state index contributed by atoms with van der Waals surface area (Å²) in [7, 11) is 0. The fourth-order valence-corrected chi connectivity index (χ4v) is 5.17. The van der Waals surface area contributed by atoms with Crippen LogP contribution in [0.15, 0.2) is 54.6 Å². The maximum absolute atomic E-state index is 13.6. The van der Waals surface area contributed by atoms with E-state index in [0.29, 0.717) is 16.7 Å². The molecule has 0 atom stereocenters. The van der Waals surface area contributed by atoms with E-state index in [2.05, 4.69) is 0 Å². The molecule has 0 unspecified atom stereocenters. The minimum absolute atomic E-state index is 0.0202. The van der Waals surface area contributed by atoms with Crippen molar-refractivity contribution in [1.82, 2.24) is 0 Å². The highest BCUT2D eigenvalue weighted by atomic mass is 32.2. The first-order valence-electron chi connectivity index (χ1n) is 7.64. The summed E-state index contributed by atoms with van der Waals surface area (Å²) in [5, 5.41) is 0. The number of benzene rings is 2. The minimum Gasteiger partial charge on any atom is -0.293 e. The van der Waals surface area contributed by atoms with Gasteiger partial charge in [-0.05, 0) is 65.0 Å². The largest absolute Gasteiger partial charge is 0.293 e. The Morgan fingerprint density at radius 1 is 0.958 bits per heavy atom. The van der Waals surface area contributed by atoms with Crippen molar-refractivity contribution in [2.75, 3.05) is 11.5 Å². The summed E-state index contributed by atoms with van der Waals surface area (Å²) in [6.45, 7) is 0. The Bertz CT molecular complexity index is 720. The summed E-state index contributed by atoms with van der Waals surface area (Å²) in [6, 6.07) is 12.1. The van der Waals surface area contributed by atoms with E-state index in [1.807, 2.05) is 0 Å². The van der Waals surface area contributed by atoms with Crippen molar-refractivity contribution in [3.05, 3.63) is 77.4 Å². The first-order chi connectivity index (χ1) is 11.6. The molecule has 1 nitrogen and oxygen atoms in total. The van der Waals surface area contributed by atoms with E-state index in [0.717, 1.165) is 17.9 Å². The van der Waals surface area contributed by atoms with Crippen LogP contribution in [-0.2, 0) is 4.79 Å². The van der Waals surface area contributed by atoms with Crippen molar-refractivity contribution >= 4 is 34.9 Å². The van der Waals surface area contributed by atoms with E-state index in [4.69, 9.17) is 0 Å². The molecule has 124 valence electrons. The lowest BCUT2D eigenvalue weighted by Crippen LogP contribution is -2.16. The van der Waals surface area contributed by atoms with Crippen molar-refractivity contribution in [2.24, 2.45) is 0 Å². The smallest absolute Gasteiger partial charge is 0.179 e. The van der Waals surface area contributed by atoms with Gasteiger partial charge in [-0.25, -0.2) is 8.78 Å². The molecule has 1 saturated heterocycles. The lowest BCUT2D eigenvalue weighted by atomic mass is 9.96. The SMILES string of the molecule is O=C(C=C(c1cccc(F)c1)c1cccc(F)c1)C1SCCCS1. The molecular formula is C19H16F2OS2. The molecular weight excluding hydrogens is 346 g/mol. The van der Waals surface area contributed by atoms with Crippen LogP contribution in [0.3, 0.4) is 0 Å². The lowest BCUT2D eigenvalue weighted by molar-refractivity contribution is -0.112. The molecule has 0 bridgehead atoms. The van der Waals surface area contributed by atoms with Crippen LogP contribution < -0.4 is 0 Å². The average molecular weight is 362 g/mol. The Morgan fingerprint density at radius 3 is 2.00 bits per heavy atom. The molecule has 0 amide bonds. The Balaban J connectivity index is 2.01. The summed E-state index contributed by atoms with van der Waals surface area (Å²) >= 11 is 3.26. The Hall–Kier alpha value is -1.59. The fourth-order valence-electron chi connectivity index (χ4n) is 2.51. The highest BCUT2D eigenvalue weighted by Crippen LogP contribution is 2.33. The van der Waals surface area contributed by atoms with Gasteiger partial charge in [-0.3, -0.25) is 4.79 Å². The molecule has 0 aliphatic carbocycles. The second-order valence-electron chi connectivity index (χ2n) is 5.41. The van der Waals surface area contributed by atoms with E-state index >= 15 is 0 Å². The van der Waals surface area contributed by atoms with Gasteiger partial charge in [0.1, 0.15) is 16.2 Å². The highest BCUT2D eigenvalue weighted by Gasteiger charge is 2.22. The second-order valence-corrected chi connectivity index (χ2v) is 8.13. The van der Waals surface area contributed by atoms with Crippen LogP contribution in [0.4, 0.5) is 8.78 Å². The fraction of sp³-hybridized carbons (Fsp3) is 0.211. The average Bonchev–Trinajstić information content (AvgIpc) is 2.60. The number of hydrogen-bond acceptors (Lipinski definition) is 3. The molecule has 1 aliphatic heterocycles. The van der Waals surface area contributed by atoms with Gasteiger partial charge in [0, 0.05) is 0 Å². The summed E-state index contributed by atoms with van der Waals surface area (Å²) in [5.41, 5.74) is 1.69. The van der Waals surface area contributed by atoms with E-state index in [1.165, 1.54) is 30.3 Å². The maximum atomic E-state index is 13.6. The number of allylic oxidation sites excluding steroid dienone is 1. The summed E-state index contributed by atoms with van der Waals surface area (Å²) in [4.78, 5) is 12.6. The first kappa shape index (κ1) is 17.2. The third kappa shape index (κ3) is 4.28. The molecule has 2 aromatic rings. The zero-order valence-electron chi connectivity index (χ0n) is 12.9. The van der Waals surface area contributed by atoms with Gasteiger partial charge in [-0.2, -0.15) is 0 Å². The maximum Gasteiger partial charge on any atom is 0.179 e. The normalized spacial score (nSPS) is 15.1. The lowest BCUT2D eigenvalue weighted by Gasteiger charge is -2.19. The van der Waals surface area contributed by atoms with Crippen LogP contribution in [0.1, 0.15) is 17.5 Å². The number of rotatable bonds is 4. The van der Waals surface area contributed by atoms with Gasteiger partial charge < -0.3 is 0 Å². The van der Waals surface area contributed by atoms with E-state index < -0.39 is 0 Å². The van der Waals surface area contributed by atoms with Crippen molar-refractivity contribution < 1.29 is 13.6 Å². The monoisotopic (exact) mass is 362 g/mol. The van der Waals surface area contributed by atoms with Crippen LogP contribution in [0.25, 0.3) is 5.57 Å². The molecule has 2 aromatic carbocycles. The highest BCUT2D eigenvalue weighted by molar-refractivity contribution is 8.18. The van der Waals surface area contributed by atoms with Gasteiger partial charge in [0.05, 0.1) is 0 Å². The standard InChI is InChI=1S/C19H16F2OS2/c20-15-6-1-4-13(10-15)17(14-5-2-7-16(21)11-14)12-18(22)19-23-8-3-9-24-19/h1-2,4-7,10-12,19H,3,8-9H2. The molecule has 5 heteroatoms. The van der Waals surface area contributed by atoms with E-state index in [-0.39, 0.29) is 22.0 Å². The quantitative estimate of drug-likeness (QED) is 0.699. The molecule has 3 rings (SSSR count). The Kier molecular flexibility index (Phi) is 5.74. The summed E-state index contributed by atoms with van der Waals surface area (Å²) in [6.07, 6.45) is 2.63. The van der Waals surface area contributed by atoms with Crippen LogP contribution in [-0.4, -0.2) is 21.9 Å². The Morgan fingerprint density at radius 2 is 1.50 bits per heavy atom. The van der Waals surface area contributed by atoms with Crippen molar-refractivity contribution in [3.8, 4) is 0 Å². The third-order valence-corrected chi connectivity index (χ3v) is 6.55. The molecule has 1 fully saturated rings. The molecule has 0 radical (unpaired) electrons. The van der Waals surface area contributed by atoms with E-state index in [1.54, 1.807) is 47.8 Å². The molecule has 1 aliphatic rings. The molecule has 24 heavy (non-hydrogen) atoms. The predicted octanol–water partition coefficient (Wildman–Crippen LogP) is 5.16. The zero-order chi connectivity index (χ0) is 16.9. The Labute approximate surface area is 148 Å². The van der Waals surface area contributed by atoms with Gasteiger partial charge in [0.2, 0.25) is 0 Å². The molecule has 1 heterocycles. The number of thioether (sulfide) groups is 2. The minimum atomic E-state index is -0.385. The van der Waals surface area contributed by atoms with Gasteiger partial charge in [-0.1, -0.05) is 24.3 Å². The number of halogens is 2. The molecule has 0 spiro atoms. The van der Waals surface area contributed by atoms with Crippen LogP contribution in [0, 0.1) is 11.6 Å². The first-order valence-corrected chi connectivity index (χ1v) is 9.74. The van der Waals surface area contributed by atoms with Crippen molar-refractivity contribution in [2.45, 2.75) is 11.0 Å². The number of ketones is 1. The van der Waals surface area contributed by atoms with Gasteiger partial charge >= 0.3 is 0 Å². The van der Waals surface area contributed by atoms with E-state index in [9.17, 15) is 13.6 Å². The van der Waals surface area contributed by atoms with Crippen LogP contribution in [0.2, 0.25) is 0 Å². The number of hydrogen-bond donors (Lipinski definition) is 0.